The second kappa shape index (κ2) is 10.1. The van der Waals surface area contributed by atoms with E-state index in [0.29, 0.717) is 22.9 Å². The molecule has 2 heterocycles. The quantitative estimate of drug-likeness (QED) is 0.367. The van der Waals surface area contributed by atoms with Gasteiger partial charge in [0.05, 0.1) is 11.1 Å². The summed E-state index contributed by atoms with van der Waals surface area (Å²) in [4.78, 5) is 6.17. The van der Waals surface area contributed by atoms with E-state index >= 15 is 0 Å². The molecule has 4 aromatic carbocycles. The zero-order chi connectivity index (χ0) is 21.9. The van der Waals surface area contributed by atoms with Crippen molar-refractivity contribution in [3.63, 3.8) is 0 Å². The normalized spacial score (nSPS) is 10.4. The van der Waals surface area contributed by atoms with Crippen LogP contribution in [0, 0.1) is 0 Å². The minimum absolute atomic E-state index is 0. The summed E-state index contributed by atoms with van der Waals surface area (Å²) in [5, 5.41) is 23.2. The summed E-state index contributed by atoms with van der Waals surface area (Å²) in [6, 6.07) is 28.8. The summed E-state index contributed by atoms with van der Waals surface area (Å²) < 4.78 is 11.2. The van der Waals surface area contributed by atoms with Crippen LogP contribution in [0.15, 0.2) is 106 Å². The molecule has 7 heteroatoms. The van der Waals surface area contributed by atoms with Gasteiger partial charge >= 0.3 is 49.5 Å². The van der Waals surface area contributed by atoms with Crippen LogP contribution in [-0.4, -0.2) is 37.7 Å². The fourth-order valence-corrected chi connectivity index (χ4v) is 3.39. The van der Waals surface area contributed by atoms with Gasteiger partial charge in [0.2, 0.25) is 22.2 Å². The van der Waals surface area contributed by atoms with E-state index in [1.54, 1.807) is 24.3 Å². The van der Waals surface area contributed by atoms with Crippen molar-refractivity contribution < 1.29 is 29.0 Å². The van der Waals surface area contributed by atoms with Gasteiger partial charge in [-0.1, -0.05) is 72.2 Å². The van der Waals surface area contributed by atoms with Gasteiger partial charge in [-0.3, -0.25) is 0 Å². The van der Waals surface area contributed by atoms with Gasteiger partial charge in [0, 0.05) is 12.1 Å². The Morgan fingerprint density at radius 2 is 0.848 bits per heavy atom. The molecule has 0 atom stereocenters. The molecule has 0 saturated carbocycles. The van der Waals surface area contributed by atoms with E-state index in [4.69, 9.17) is 8.83 Å². The number of rotatable bonds is 2. The van der Waals surface area contributed by atoms with Crippen molar-refractivity contribution in [2.45, 2.75) is 0 Å². The molecular weight excluding hydrogens is 444 g/mol. The molecule has 6 nitrogen and oxygen atoms in total. The van der Waals surface area contributed by atoms with Gasteiger partial charge in [0.15, 0.2) is 0 Å². The molecule has 0 aliphatic heterocycles. The van der Waals surface area contributed by atoms with Crippen LogP contribution in [0.4, 0.5) is 0 Å². The Bertz CT molecular complexity index is 1340. The zero-order valence-corrected chi connectivity index (χ0v) is 19.8. The molecule has 0 spiro atoms. The number of aromatic nitrogens is 2. The van der Waals surface area contributed by atoms with Gasteiger partial charge in [0.25, 0.3) is 0 Å². The van der Waals surface area contributed by atoms with Crippen LogP contribution in [0.2, 0.25) is 0 Å². The Labute approximate surface area is 219 Å². The predicted molar refractivity (Wildman–Crippen MR) is 121 cm³/mol. The minimum Gasteiger partial charge on any atom is -0.872 e. The number of para-hydroxylation sites is 6. The number of oxazole rings is 2. The Kier molecular flexibility index (Phi) is 6.99. The van der Waals surface area contributed by atoms with E-state index in [2.05, 4.69) is 9.97 Å². The SMILES string of the molecule is [Ca+2].[O-]c1ccccc1-c1[nH+]c2ccccc2o1.[O-]c1ccccc1-c1[nH+]c2ccccc2o1. The molecule has 6 aromatic rings. The van der Waals surface area contributed by atoms with E-state index in [9.17, 15) is 10.2 Å². The number of aromatic amines is 2. The van der Waals surface area contributed by atoms with Gasteiger partial charge in [-0.15, -0.1) is 0 Å². The maximum absolute atomic E-state index is 11.6. The predicted octanol–water partition coefficient (Wildman–Crippen LogP) is 3.59. The summed E-state index contributed by atoms with van der Waals surface area (Å²) in [7, 11) is 0. The number of hydrogen-bond acceptors (Lipinski definition) is 4. The number of nitrogens with one attached hydrogen (secondary N) is 2. The maximum Gasteiger partial charge on any atom is 2.00 e. The molecule has 0 aliphatic carbocycles. The first-order valence-electron chi connectivity index (χ1n) is 10.0. The summed E-state index contributed by atoms with van der Waals surface area (Å²) in [5.74, 6) is 0.925. The molecule has 0 aliphatic rings. The van der Waals surface area contributed by atoms with E-state index in [0.717, 1.165) is 22.2 Å². The van der Waals surface area contributed by atoms with Crippen molar-refractivity contribution >= 4 is 59.9 Å². The van der Waals surface area contributed by atoms with Crippen LogP contribution in [0.5, 0.6) is 11.5 Å². The van der Waals surface area contributed by atoms with E-state index in [1.807, 2.05) is 60.7 Å². The second-order valence-corrected chi connectivity index (χ2v) is 7.10. The largest absolute Gasteiger partial charge is 2.00 e. The third-order valence-corrected chi connectivity index (χ3v) is 4.96. The van der Waals surface area contributed by atoms with E-state index in [1.165, 1.54) is 12.1 Å². The molecule has 2 aromatic heterocycles. The van der Waals surface area contributed by atoms with Crippen LogP contribution >= 0.6 is 0 Å². The summed E-state index contributed by atoms with van der Waals surface area (Å²) in [6.45, 7) is 0. The fourth-order valence-electron chi connectivity index (χ4n) is 3.39. The van der Waals surface area contributed by atoms with Crippen LogP contribution < -0.4 is 20.2 Å². The van der Waals surface area contributed by atoms with Gasteiger partial charge in [-0.05, 0) is 24.3 Å². The molecule has 0 unspecified atom stereocenters. The molecule has 0 radical (unpaired) electrons. The van der Waals surface area contributed by atoms with E-state index < -0.39 is 0 Å². The van der Waals surface area contributed by atoms with E-state index in [-0.39, 0.29) is 49.2 Å². The Morgan fingerprint density at radius 3 is 1.24 bits per heavy atom. The van der Waals surface area contributed by atoms with Crippen molar-refractivity contribution in [3.05, 3.63) is 97.1 Å². The van der Waals surface area contributed by atoms with Crippen molar-refractivity contribution in [3.8, 4) is 34.4 Å². The summed E-state index contributed by atoms with van der Waals surface area (Å²) in [6.07, 6.45) is 0. The van der Waals surface area contributed by atoms with Crippen molar-refractivity contribution in [2.75, 3.05) is 0 Å². The van der Waals surface area contributed by atoms with Crippen LogP contribution in [0.1, 0.15) is 0 Å². The number of H-pyrrole nitrogens is 2. The Balaban J connectivity index is 0.000000152. The monoisotopic (exact) mass is 462 g/mol. The third-order valence-electron chi connectivity index (χ3n) is 4.96. The molecule has 0 saturated heterocycles. The number of fused-ring (bicyclic) bond motifs is 2. The van der Waals surface area contributed by atoms with Crippen molar-refractivity contribution in [1.29, 1.82) is 0 Å². The topological polar surface area (TPSA) is 101 Å². The molecule has 0 bridgehead atoms. The average Bonchev–Trinajstić information content (AvgIpc) is 3.44. The first kappa shape index (κ1) is 22.9. The Morgan fingerprint density at radius 1 is 0.485 bits per heavy atom. The van der Waals surface area contributed by atoms with Gasteiger partial charge < -0.3 is 19.0 Å². The smallest absolute Gasteiger partial charge is 0.872 e. The standard InChI is InChI=1S/2C13H9NO2.Ca/c2*15-11-7-3-1-5-9(11)13-14-10-6-2-4-8-12(10)16-13;/h2*1-8,15H;/q;;+2. The molecule has 0 amide bonds. The zero-order valence-electron chi connectivity index (χ0n) is 17.6. The molecule has 33 heavy (non-hydrogen) atoms. The van der Waals surface area contributed by atoms with Gasteiger partial charge in [-0.2, -0.15) is 9.97 Å². The summed E-state index contributed by atoms with van der Waals surface area (Å²) in [5.41, 5.74) is 4.39. The number of benzene rings is 4. The average molecular weight is 463 g/mol. The fraction of sp³-hybridized carbons (Fsp3) is 0. The molecule has 0 fully saturated rings. The van der Waals surface area contributed by atoms with Gasteiger partial charge in [-0.25, -0.2) is 0 Å². The van der Waals surface area contributed by atoms with Crippen molar-refractivity contribution in [2.24, 2.45) is 0 Å². The Hall–Kier alpha value is -3.32. The molecular formula is C26H18CaN2O4+2. The number of hydrogen-bond donors (Lipinski definition) is 0. The third kappa shape index (κ3) is 4.88. The van der Waals surface area contributed by atoms with Gasteiger partial charge in [0.1, 0.15) is 0 Å². The molecule has 2 N–H and O–H groups in total. The first-order chi connectivity index (χ1) is 15.7. The molecule has 156 valence electrons. The first-order valence-corrected chi connectivity index (χ1v) is 10.0. The summed E-state index contributed by atoms with van der Waals surface area (Å²) >= 11 is 0. The van der Waals surface area contributed by atoms with Crippen LogP contribution in [0.3, 0.4) is 0 Å². The van der Waals surface area contributed by atoms with Crippen molar-refractivity contribution in [1.82, 2.24) is 0 Å². The molecule has 6 rings (SSSR count). The van der Waals surface area contributed by atoms with Crippen LogP contribution in [-0.2, 0) is 0 Å². The minimum atomic E-state index is -0.0437. The maximum atomic E-state index is 11.6. The second-order valence-electron chi connectivity index (χ2n) is 7.10. The van der Waals surface area contributed by atoms with Crippen LogP contribution in [0.25, 0.3) is 45.1 Å².